The summed E-state index contributed by atoms with van der Waals surface area (Å²) >= 11 is 0. The molecule has 0 aromatic heterocycles. The van der Waals surface area contributed by atoms with E-state index in [-0.39, 0.29) is 5.92 Å². The zero-order valence-corrected chi connectivity index (χ0v) is 11.7. The number of nitrogens with one attached hydrogen (secondary N) is 1. The van der Waals surface area contributed by atoms with Crippen LogP contribution in [0, 0.1) is 0 Å². The molecule has 3 heteroatoms. The van der Waals surface area contributed by atoms with Crippen molar-refractivity contribution >= 4 is 5.84 Å². The molecule has 3 nitrogen and oxygen atoms in total. The normalized spacial score (nSPS) is 15.8. The maximum Gasteiger partial charge on any atom is 0.123 e. The van der Waals surface area contributed by atoms with Gasteiger partial charge in [-0.3, -0.25) is 4.99 Å². The van der Waals surface area contributed by atoms with Crippen molar-refractivity contribution in [1.82, 2.24) is 10.4 Å². The predicted molar refractivity (Wildman–Crippen MR) is 82.8 cm³/mol. The Hall–Kier alpha value is -2.13. The molecule has 2 aromatic rings. The third-order valence-electron chi connectivity index (χ3n) is 3.56. The number of hydrogen-bond acceptors (Lipinski definition) is 3. The lowest BCUT2D eigenvalue weighted by Crippen LogP contribution is -2.47. The molecule has 2 aromatic carbocycles. The van der Waals surface area contributed by atoms with E-state index in [4.69, 9.17) is 4.99 Å². The highest BCUT2D eigenvalue weighted by atomic mass is 15.5. The Balaban J connectivity index is 2.02. The van der Waals surface area contributed by atoms with Gasteiger partial charge in [0.25, 0.3) is 0 Å². The van der Waals surface area contributed by atoms with E-state index in [0.29, 0.717) is 0 Å². The van der Waals surface area contributed by atoms with E-state index < -0.39 is 0 Å². The van der Waals surface area contributed by atoms with Crippen LogP contribution in [0.15, 0.2) is 65.7 Å². The van der Waals surface area contributed by atoms with Crippen LogP contribution in [0.2, 0.25) is 0 Å². The van der Waals surface area contributed by atoms with Gasteiger partial charge in [0.2, 0.25) is 0 Å². The molecule has 1 heterocycles. The van der Waals surface area contributed by atoms with Gasteiger partial charge < -0.3 is 5.43 Å². The quantitative estimate of drug-likeness (QED) is 0.924. The van der Waals surface area contributed by atoms with Crippen LogP contribution in [0.4, 0.5) is 0 Å². The minimum absolute atomic E-state index is 0.167. The Labute approximate surface area is 119 Å². The van der Waals surface area contributed by atoms with Crippen LogP contribution < -0.4 is 5.43 Å². The van der Waals surface area contributed by atoms with Gasteiger partial charge in [0, 0.05) is 13.6 Å². The van der Waals surface area contributed by atoms with Gasteiger partial charge in [-0.1, -0.05) is 60.7 Å². The van der Waals surface area contributed by atoms with Gasteiger partial charge in [-0.05, 0) is 11.1 Å². The average molecular weight is 265 g/mol. The fraction of sp³-hybridized carbons (Fsp3) is 0.235. The van der Waals surface area contributed by atoms with Gasteiger partial charge in [0.15, 0.2) is 0 Å². The second-order valence-electron chi connectivity index (χ2n) is 5.05. The zero-order valence-electron chi connectivity index (χ0n) is 11.7. The van der Waals surface area contributed by atoms with Crippen LogP contribution in [-0.4, -0.2) is 31.0 Å². The molecular weight excluding hydrogens is 246 g/mol. The van der Waals surface area contributed by atoms with E-state index >= 15 is 0 Å². The van der Waals surface area contributed by atoms with Gasteiger partial charge in [-0.25, -0.2) is 5.01 Å². The number of hydrogen-bond donors (Lipinski definition) is 1. The molecule has 1 aliphatic rings. The number of benzene rings is 2. The van der Waals surface area contributed by atoms with Crippen molar-refractivity contribution in [2.75, 3.05) is 20.1 Å². The van der Waals surface area contributed by atoms with Crippen LogP contribution in [0.1, 0.15) is 17.0 Å². The Morgan fingerprint density at radius 1 is 0.950 bits per heavy atom. The lowest BCUT2D eigenvalue weighted by Gasteiger charge is -2.29. The first kappa shape index (κ1) is 12.9. The van der Waals surface area contributed by atoms with E-state index in [9.17, 15) is 0 Å². The van der Waals surface area contributed by atoms with Gasteiger partial charge in [-0.2, -0.15) is 0 Å². The number of aliphatic imine (C=N–C) groups is 1. The number of nitrogens with zero attached hydrogens (tertiary/aromatic N) is 2. The summed E-state index contributed by atoms with van der Waals surface area (Å²) in [4.78, 5) is 4.70. The number of rotatable bonds is 3. The van der Waals surface area contributed by atoms with Crippen molar-refractivity contribution in [1.29, 1.82) is 0 Å². The lowest BCUT2D eigenvalue weighted by molar-refractivity contribution is 0.284. The molecule has 0 saturated carbocycles. The van der Waals surface area contributed by atoms with Crippen LogP contribution in [0.5, 0.6) is 0 Å². The van der Waals surface area contributed by atoms with Crippen molar-refractivity contribution in [2.24, 2.45) is 4.99 Å². The summed E-state index contributed by atoms with van der Waals surface area (Å²) in [5, 5.41) is 2.10. The molecule has 1 N–H and O–H groups in total. The lowest BCUT2D eigenvalue weighted by atomic mass is 9.90. The molecule has 20 heavy (non-hydrogen) atoms. The standard InChI is InChI=1S/C17H19N3/c1-20-13-12-18-17(19-20)16(14-8-4-2-5-9-14)15-10-6-3-7-11-15/h2-11,16H,12-13H2,1H3,(H,18,19). The van der Waals surface area contributed by atoms with E-state index in [2.05, 4.69) is 66.0 Å². The Morgan fingerprint density at radius 2 is 1.50 bits per heavy atom. The van der Waals surface area contributed by atoms with E-state index in [1.165, 1.54) is 11.1 Å². The fourth-order valence-electron chi connectivity index (χ4n) is 2.56. The van der Waals surface area contributed by atoms with Gasteiger partial charge in [0.05, 0.1) is 12.5 Å². The Kier molecular flexibility index (Phi) is 3.79. The zero-order chi connectivity index (χ0) is 13.8. The van der Waals surface area contributed by atoms with Crippen LogP contribution in [-0.2, 0) is 0 Å². The second-order valence-corrected chi connectivity index (χ2v) is 5.05. The summed E-state index contributed by atoms with van der Waals surface area (Å²) in [6, 6.07) is 21.1. The SMILES string of the molecule is CN1CCN=C(C(c2ccccc2)c2ccccc2)N1. The Bertz CT molecular complexity index is 538. The second kappa shape index (κ2) is 5.88. The summed E-state index contributed by atoms with van der Waals surface area (Å²) in [5.74, 6) is 1.19. The average Bonchev–Trinajstić information content (AvgIpc) is 2.50. The molecule has 0 atom stereocenters. The van der Waals surface area contributed by atoms with E-state index in [0.717, 1.165) is 18.9 Å². The van der Waals surface area contributed by atoms with Crippen molar-refractivity contribution in [3.63, 3.8) is 0 Å². The first-order valence-electron chi connectivity index (χ1n) is 6.96. The van der Waals surface area contributed by atoms with E-state index in [1.807, 2.05) is 12.1 Å². The summed E-state index contributed by atoms with van der Waals surface area (Å²) in [7, 11) is 2.06. The highest BCUT2D eigenvalue weighted by molar-refractivity contribution is 5.92. The molecular formula is C17H19N3. The topological polar surface area (TPSA) is 27.6 Å². The molecule has 3 rings (SSSR count). The van der Waals surface area contributed by atoms with Crippen molar-refractivity contribution in [3.05, 3.63) is 71.8 Å². The maximum absolute atomic E-state index is 4.70. The minimum Gasteiger partial charge on any atom is -0.306 e. The number of amidine groups is 1. The smallest absolute Gasteiger partial charge is 0.123 e. The van der Waals surface area contributed by atoms with Crippen molar-refractivity contribution in [2.45, 2.75) is 5.92 Å². The molecule has 0 radical (unpaired) electrons. The van der Waals surface area contributed by atoms with Crippen LogP contribution in [0.25, 0.3) is 0 Å². The third kappa shape index (κ3) is 2.73. The largest absolute Gasteiger partial charge is 0.306 e. The van der Waals surface area contributed by atoms with Crippen LogP contribution >= 0.6 is 0 Å². The summed E-state index contributed by atoms with van der Waals surface area (Å²) in [6.45, 7) is 1.79. The summed E-state index contributed by atoms with van der Waals surface area (Å²) in [5.41, 5.74) is 5.92. The molecule has 0 bridgehead atoms. The van der Waals surface area contributed by atoms with Gasteiger partial charge in [-0.15, -0.1) is 0 Å². The Morgan fingerprint density at radius 3 is 2.00 bits per heavy atom. The molecule has 0 amide bonds. The highest BCUT2D eigenvalue weighted by Crippen LogP contribution is 2.26. The summed E-state index contributed by atoms with van der Waals surface area (Å²) < 4.78 is 0. The number of hydrazine groups is 1. The molecule has 0 fully saturated rings. The first-order valence-corrected chi connectivity index (χ1v) is 6.96. The monoisotopic (exact) mass is 265 g/mol. The molecule has 0 aliphatic carbocycles. The maximum atomic E-state index is 4.70. The third-order valence-corrected chi connectivity index (χ3v) is 3.56. The first-order chi connectivity index (χ1) is 9.84. The molecule has 102 valence electrons. The van der Waals surface area contributed by atoms with Crippen molar-refractivity contribution < 1.29 is 0 Å². The predicted octanol–water partition coefficient (Wildman–Crippen LogP) is 2.67. The highest BCUT2D eigenvalue weighted by Gasteiger charge is 2.23. The van der Waals surface area contributed by atoms with Gasteiger partial charge in [0.1, 0.15) is 5.84 Å². The molecule has 1 aliphatic heterocycles. The molecule has 0 spiro atoms. The molecule has 0 unspecified atom stereocenters. The fourth-order valence-corrected chi connectivity index (χ4v) is 2.56. The van der Waals surface area contributed by atoms with Crippen molar-refractivity contribution in [3.8, 4) is 0 Å². The molecule has 0 saturated heterocycles. The number of likely N-dealkylation sites (N-methyl/N-ethyl adjacent to an activating group) is 1. The van der Waals surface area contributed by atoms with Gasteiger partial charge >= 0.3 is 0 Å². The minimum atomic E-state index is 0.167. The van der Waals surface area contributed by atoms with E-state index in [1.54, 1.807) is 0 Å². The summed E-state index contributed by atoms with van der Waals surface area (Å²) in [6.07, 6.45) is 0. The van der Waals surface area contributed by atoms with Crippen LogP contribution in [0.3, 0.4) is 0 Å².